The maximum atomic E-state index is 13.8. The predicted molar refractivity (Wildman–Crippen MR) is 75.9 cm³/mol. The highest BCUT2D eigenvalue weighted by Crippen LogP contribution is 2.26. The van der Waals surface area contributed by atoms with Crippen LogP contribution in [-0.2, 0) is 6.54 Å². The zero-order valence-corrected chi connectivity index (χ0v) is 12.8. The molecule has 0 unspecified atom stereocenters. The first-order chi connectivity index (χ1) is 10.1. The fourth-order valence-corrected chi connectivity index (χ4v) is 3.07. The van der Waals surface area contributed by atoms with Gasteiger partial charge in [-0.2, -0.15) is 0 Å². The average Bonchev–Trinajstić information content (AvgIpc) is 3.12. The summed E-state index contributed by atoms with van der Waals surface area (Å²) in [6.45, 7) is 3.44. The quantitative estimate of drug-likeness (QED) is 0.823. The first kappa shape index (κ1) is 14.3. The van der Waals surface area contributed by atoms with E-state index in [9.17, 15) is 4.39 Å². The first-order valence-corrected chi connectivity index (χ1v) is 7.61. The molecular formula is C12H17FN6OS. The molecule has 1 aliphatic rings. The van der Waals surface area contributed by atoms with Crippen molar-refractivity contribution in [1.29, 1.82) is 0 Å². The number of aromatic nitrogens is 4. The van der Waals surface area contributed by atoms with Crippen LogP contribution >= 0.6 is 11.5 Å². The van der Waals surface area contributed by atoms with E-state index < -0.39 is 6.17 Å². The van der Waals surface area contributed by atoms with Crippen LogP contribution in [0.5, 0.6) is 0 Å². The van der Waals surface area contributed by atoms with E-state index in [1.165, 1.54) is 11.5 Å². The molecule has 3 rings (SSSR count). The number of aryl methyl sites for hydroxylation is 1. The van der Waals surface area contributed by atoms with Crippen molar-refractivity contribution in [2.75, 3.05) is 25.0 Å². The van der Waals surface area contributed by atoms with Gasteiger partial charge in [-0.3, -0.25) is 4.90 Å². The Hall–Kier alpha value is -1.61. The number of anilines is 1. The van der Waals surface area contributed by atoms with Crippen LogP contribution in [-0.4, -0.2) is 57.0 Å². The molecular weight excluding hydrogens is 295 g/mol. The van der Waals surface area contributed by atoms with Crippen LogP contribution in [0.2, 0.25) is 0 Å². The van der Waals surface area contributed by atoms with Crippen LogP contribution in [0.15, 0.2) is 9.80 Å². The lowest BCUT2D eigenvalue weighted by Gasteiger charge is -2.26. The fourth-order valence-electron chi connectivity index (χ4n) is 2.62. The minimum atomic E-state index is -0.864. The van der Waals surface area contributed by atoms with Crippen molar-refractivity contribution in [3.63, 3.8) is 0 Å². The van der Waals surface area contributed by atoms with E-state index >= 15 is 0 Å². The molecule has 9 heteroatoms. The van der Waals surface area contributed by atoms with Crippen molar-refractivity contribution in [2.45, 2.75) is 32.1 Å². The molecule has 114 valence electrons. The Morgan fingerprint density at radius 2 is 2.33 bits per heavy atom. The van der Waals surface area contributed by atoms with Gasteiger partial charge in [0.1, 0.15) is 6.17 Å². The van der Waals surface area contributed by atoms with Crippen molar-refractivity contribution in [3.05, 3.63) is 17.0 Å². The smallest absolute Gasteiger partial charge is 0.318 e. The Kier molecular flexibility index (Phi) is 4.11. The minimum Gasteiger partial charge on any atom is -0.408 e. The Balaban J connectivity index is 1.65. The van der Waals surface area contributed by atoms with Crippen LogP contribution in [0.1, 0.15) is 18.0 Å². The second-order valence-corrected chi connectivity index (χ2v) is 5.95. The number of likely N-dealkylation sites (N-methyl/N-ethyl adjacent to an activating group) is 1. The molecule has 1 fully saturated rings. The molecule has 0 aromatic carbocycles. The lowest BCUT2D eigenvalue weighted by atomic mass is 10.2. The summed E-state index contributed by atoms with van der Waals surface area (Å²) < 4.78 is 23.1. The van der Waals surface area contributed by atoms with Crippen molar-refractivity contribution < 1.29 is 8.81 Å². The molecule has 2 aromatic rings. The molecule has 0 saturated carbocycles. The third-order valence-electron chi connectivity index (χ3n) is 3.48. The van der Waals surface area contributed by atoms with Gasteiger partial charge in [0, 0.05) is 37.9 Å². The Labute approximate surface area is 125 Å². The van der Waals surface area contributed by atoms with E-state index in [-0.39, 0.29) is 6.04 Å². The van der Waals surface area contributed by atoms with Gasteiger partial charge in [-0.25, -0.2) is 4.39 Å². The van der Waals surface area contributed by atoms with E-state index in [1.54, 1.807) is 6.92 Å². The lowest BCUT2D eigenvalue weighted by molar-refractivity contribution is 0.285. The van der Waals surface area contributed by atoms with Crippen LogP contribution in [0.3, 0.4) is 0 Å². The second kappa shape index (κ2) is 6.02. The van der Waals surface area contributed by atoms with Crippen molar-refractivity contribution in [1.82, 2.24) is 24.7 Å². The van der Waals surface area contributed by atoms with E-state index in [0.29, 0.717) is 38.0 Å². The third kappa shape index (κ3) is 3.35. The molecule has 1 aliphatic heterocycles. The summed E-state index contributed by atoms with van der Waals surface area (Å²) in [7, 11) is 1.99. The topological polar surface area (TPSA) is 71.2 Å². The summed E-state index contributed by atoms with van der Waals surface area (Å²) in [6.07, 6.45) is -0.391. The Bertz CT molecular complexity index is 576. The number of halogens is 1. The van der Waals surface area contributed by atoms with Gasteiger partial charge in [-0.05, 0) is 18.6 Å². The fraction of sp³-hybridized carbons (Fsp3) is 0.667. The molecule has 0 spiro atoms. The SMILES string of the molecule is Cc1nnc(N2C[C@@H](F)C[C@H]2CN(C)Cc2csnn2)o1. The highest BCUT2D eigenvalue weighted by Gasteiger charge is 2.35. The van der Waals surface area contributed by atoms with Gasteiger partial charge >= 0.3 is 6.01 Å². The van der Waals surface area contributed by atoms with Gasteiger partial charge in [-0.1, -0.05) is 9.59 Å². The van der Waals surface area contributed by atoms with E-state index in [0.717, 1.165) is 5.69 Å². The summed E-state index contributed by atoms with van der Waals surface area (Å²) in [6, 6.07) is 0.429. The van der Waals surface area contributed by atoms with E-state index in [4.69, 9.17) is 4.42 Å². The summed E-state index contributed by atoms with van der Waals surface area (Å²) in [5, 5.41) is 13.8. The summed E-state index contributed by atoms with van der Waals surface area (Å²) in [5.41, 5.74) is 0.928. The summed E-state index contributed by atoms with van der Waals surface area (Å²) in [4.78, 5) is 3.97. The average molecular weight is 312 g/mol. The van der Waals surface area contributed by atoms with Gasteiger partial charge in [0.05, 0.1) is 12.2 Å². The van der Waals surface area contributed by atoms with Crippen LogP contribution < -0.4 is 4.90 Å². The highest BCUT2D eigenvalue weighted by molar-refractivity contribution is 7.03. The third-order valence-corrected chi connectivity index (χ3v) is 4.04. The molecule has 0 radical (unpaired) electrons. The lowest BCUT2D eigenvalue weighted by Crippen LogP contribution is -2.39. The first-order valence-electron chi connectivity index (χ1n) is 6.77. The molecule has 0 N–H and O–H groups in total. The highest BCUT2D eigenvalue weighted by atomic mass is 32.1. The second-order valence-electron chi connectivity index (χ2n) is 5.34. The van der Waals surface area contributed by atoms with Crippen molar-refractivity contribution in [3.8, 4) is 0 Å². The maximum Gasteiger partial charge on any atom is 0.318 e. The number of hydrogen-bond acceptors (Lipinski definition) is 8. The predicted octanol–water partition coefficient (Wildman–Crippen LogP) is 1.28. The molecule has 0 amide bonds. The zero-order chi connectivity index (χ0) is 14.8. The molecule has 21 heavy (non-hydrogen) atoms. The van der Waals surface area contributed by atoms with Gasteiger partial charge < -0.3 is 9.32 Å². The summed E-state index contributed by atoms with van der Waals surface area (Å²) in [5.74, 6) is 0.493. The summed E-state index contributed by atoms with van der Waals surface area (Å²) >= 11 is 1.33. The Morgan fingerprint density at radius 1 is 1.48 bits per heavy atom. The van der Waals surface area contributed by atoms with Gasteiger partial charge in [0.15, 0.2) is 0 Å². The molecule has 2 atom stereocenters. The molecule has 0 aliphatic carbocycles. The van der Waals surface area contributed by atoms with Crippen molar-refractivity contribution in [2.24, 2.45) is 0 Å². The largest absolute Gasteiger partial charge is 0.408 e. The monoisotopic (exact) mass is 312 g/mol. The van der Waals surface area contributed by atoms with E-state index in [2.05, 4.69) is 24.7 Å². The van der Waals surface area contributed by atoms with Crippen LogP contribution in [0, 0.1) is 6.92 Å². The normalized spacial score (nSPS) is 22.4. The van der Waals surface area contributed by atoms with Crippen LogP contribution in [0.25, 0.3) is 0 Å². The molecule has 0 bridgehead atoms. The Morgan fingerprint density at radius 3 is 3.00 bits per heavy atom. The van der Waals surface area contributed by atoms with Gasteiger partial charge in [0.25, 0.3) is 0 Å². The van der Waals surface area contributed by atoms with Gasteiger partial charge in [-0.15, -0.1) is 10.2 Å². The number of hydrogen-bond donors (Lipinski definition) is 0. The number of alkyl halides is 1. The van der Waals surface area contributed by atoms with E-state index in [1.807, 2.05) is 17.3 Å². The molecule has 1 saturated heterocycles. The minimum absolute atomic E-state index is 0.0245. The number of rotatable bonds is 5. The van der Waals surface area contributed by atoms with Crippen LogP contribution in [0.4, 0.5) is 10.4 Å². The van der Waals surface area contributed by atoms with Crippen molar-refractivity contribution >= 4 is 17.5 Å². The number of nitrogens with zero attached hydrogens (tertiary/aromatic N) is 6. The molecule has 2 aromatic heterocycles. The molecule has 7 nitrogen and oxygen atoms in total. The maximum absolute atomic E-state index is 13.8. The zero-order valence-electron chi connectivity index (χ0n) is 11.9. The van der Waals surface area contributed by atoms with Gasteiger partial charge in [0.2, 0.25) is 5.89 Å². The standard InChI is InChI=1S/C12H17FN6OS/c1-8-14-16-12(20-8)19-4-9(13)3-11(19)6-18(2)5-10-7-21-17-15-10/h7,9,11H,3-6H2,1-2H3/t9-,11-/m0/s1. The molecule has 3 heterocycles.